The van der Waals surface area contributed by atoms with Crippen LogP contribution >= 0.6 is 23.2 Å². The van der Waals surface area contributed by atoms with Crippen LogP contribution in [-0.2, 0) is 4.79 Å². The molecule has 3 aromatic carbocycles. The minimum Gasteiger partial charge on any atom is -0.493 e. The molecule has 3 aromatic rings. The lowest BCUT2D eigenvalue weighted by molar-refractivity contribution is -0.114. The summed E-state index contributed by atoms with van der Waals surface area (Å²) < 4.78 is 17.1. The SMILES string of the molecule is COc1cc(C=C2C(=O)N(c3ccccc3)N=C2C)cc(Cl)c1OCCOc1ccc(Cl)c(C)c1. The molecule has 0 radical (unpaired) electrons. The molecular formula is C27H24Cl2N2O4. The highest BCUT2D eigenvalue weighted by molar-refractivity contribution is 6.33. The number of methoxy groups -OCH3 is 1. The van der Waals surface area contributed by atoms with Crippen molar-refractivity contribution in [3.8, 4) is 17.2 Å². The molecule has 8 heteroatoms. The van der Waals surface area contributed by atoms with Gasteiger partial charge in [-0.2, -0.15) is 10.1 Å². The first-order chi connectivity index (χ1) is 16.9. The molecule has 0 atom stereocenters. The van der Waals surface area contributed by atoms with Crippen molar-refractivity contribution in [2.75, 3.05) is 25.3 Å². The Labute approximate surface area is 214 Å². The maximum absolute atomic E-state index is 13.0. The van der Waals surface area contributed by atoms with Crippen LogP contribution in [0.4, 0.5) is 5.69 Å². The van der Waals surface area contributed by atoms with Crippen LogP contribution in [0.3, 0.4) is 0 Å². The summed E-state index contributed by atoms with van der Waals surface area (Å²) >= 11 is 12.6. The van der Waals surface area contributed by atoms with Gasteiger partial charge in [0.25, 0.3) is 5.91 Å². The van der Waals surface area contributed by atoms with Gasteiger partial charge in [0.1, 0.15) is 19.0 Å². The number of nitrogens with zero attached hydrogens (tertiary/aromatic N) is 2. The van der Waals surface area contributed by atoms with E-state index in [0.717, 1.165) is 5.56 Å². The van der Waals surface area contributed by atoms with Crippen molar-refractivity contribution in [3.63, 3.8) is 0 Å². The number of ether oxygens (including phenoxy) is 3. The number of hydrogen-bond acceptors (Lipinski definition) is 5. The molecule has 0 fully saturated rings. The van der Waals surface area contributed by atoms with Crippen LogP contribution < -0.4 is 19.2 Å². The van der Waals surface area contributed by atoms with Gasteiger partial charge in [-0.3, -0.25) is 4.79 Å². The van der Waals surface area contributed by atoms with Gasteiger partial charge in [0.15, 0.2) is 11.5 Å². The van der Waals surface area contributed by atoms with Gasteiger partial charge >= 0.3 is 0 Å². The molecule has 0 spiro atoms. The second kappa shape index (κ2) is 10.8. The summed E-state index contributed by atoms with van der Waals surface area (Å²) in [5.74, 6) is 1.35. The van der Waals surface area contributed by atoms with E-state index < -0.39 is 0 Å². The average Bonchev–Trinajstić information content (AvgIpc) is 3.13. The Morgan fingerprint density at radius 2 is 1.69 bits per heavy atom. The van der Waals surface area contributed by atoms with E-state index in [9.17, 15) is 4.79 Å². The third-order valence-electron chi connectivity index (χ3n) is 5.35. The quantitative estimate of drug-likeness (QED) is 0.253. The van der Waals surface area contributed by atoms with Crippen molar-refractivity contribution < 1.29 is 19.0 Å². The van der Waals surface area contributed by atoms with E-state index in [1.54, 1.807) is 37.3 Å². The van der Waals surface area contributed by atoms with Gasteiger partial charge in [-0.1, -0.05) is 41.4 Å². The van der Waals surface area contributed by atoms with Crippen LogP contribution in [0.2, 0.25) is 10.0 Å². The maximum atomic E-state index is 13.0. The number of hydrazone groups is 1. The summed E-state index contributed by atoms with van der Waals surface area (Å²) in [6.45, 7) is 4.28. The van der Waals surface area contributed by atoms with Gasteiger partial charge in [0.05, 0.1) is 29.1 Å². The Kier molecular flexibility index (Phi) is 7.63. The molecule has 0 bridgehead atoms. The van der Waals surface area contributed by atoms with Crippen molar-refractivity contribution in [2.45, 2.75) is 13.8 Å². The molecule has 1 aliphatic heterocycles. The van der Waals surface area contributed by atoms with Crippen molar-refractivity contribution in [1.29, 1.82) is 0 Å². The number of halogens is 2. The molecule has 0 unspecified atom stereocenters. The topological polar surface area (TPSA) is 60.4 Å². The number of carbonyl (C=O) groups excluding carboxylic acids is 1. The Morgan fingerprint density at radius 3 is 2.40 bits per heavy atom. The van der Waals surface area contributed by atoms with Crippen LogP contribution in [-0.4, -0.2) is 31.9 Å². The van der Waals surface area contributed by atoms with Crippen LogP contribution in [0.15, 0.2) is 71.3 Å². The molecule has 180 valence electrons. The van der Waals surface area contributed by atoms with Crippen LogP contribution in [0.5, 0.6) is 17.2 Å². The van der Waals surface area contributed by atoms with Gasteiger partial charge in [-0.15, -0.1) is 0 Å². The number of hydrogen-bond donors (Lipinski definition) is 0. The molecule has 0 saturated heterocycles. The Balaban J connectivity index is 1.46. The number of rotatable bonds is 8. The monoisotopic (exact) mass is 510 g/mol. The second-order valence-electron chi connectivity index (χ2n) is 7.84. The summed E-state index contributed by atoms with van der Waals surface area (Å²) in [7, 11) is 1.53. The predicted octanol–water partition coefficient (Wildman–Crippen LogP) is 6.57. The summed E-state index contributed by atoms with van der Waals surface area (Å²) in [6.07, 6.45) is 1.74. The van der Waals surface area contributed by atoms with Gasteiger partial charge < -0.3 is 14.2 Å². The van der Waals surface area contributed by atoms with Gasteiger partial charge in [-0.05, 0) is 73.5 Å². The predicted molar refractivity (Wildman–Crippen MR) is 140 cm³/mol. The van der Waals surface area contributed by atoms with Crippen molar-refractivity contribution in [1.82, 2.24) is 0 Å². The zero-order chi connectivity index (χ0) is 24.9. The zero-order valence-corrected chi connectivity index (χ0v) is 21.1. The fourth-order valence-corrected chi connectivity index (χ4v) is 3.96. The van der Waals surface area contributed by atoms with E-state index >= 15 is 0 Å². The smallest absolute Gasteiger partial charge is 0.280 e. The first-order valence-corrected chi connectivity index (χ1v) is 11.7. The standard InChI is InChI=1S/C27H24Cl2N2O4/c1-17-13-21(9-10-23(17)28)34-11-12-35-26-24(29)15-19(16-25(26)33-3)14-22-18(2)30-31(27(22)32)20-7-5-4-6-8-20/h4-10,13-16H,11-12H2,1-3H3. The van der Waals surface area contributed by atoms with Crippen molar-refractivity contribution in [2.24, 2.45) is 5.10 Å². The summed E-state index contributed by atoms with van der Waals surface area (Å²) in [6, 6.07) is 18.2. The van der Waals surface area contributed by atoms with Gasteiger partial charge in [0, 0.05) is 5.02 Å². The molecule has 0 aromatic heterocycles. The number of carbonyl (C=O) groups is 1. The van der Waals surface area contributed by atoms with E-state index in [4.69, 9.17) is 37.4 Å². The Hall–Kier alpha value is -3.48. The fourth-order valence-electron chi connectivity index (χ4n) is 3.57. The first kappa shape index (κ1) is 24.6. The van der Waals surface area contributed by atoms with Gasteiger partial charge in [-0.25, -0.2) is 0 Å². The largest absolute Gasteiger partial charge is 0.493 e. The van der Waals surface area contributed by atoms with Crippen LogP contribution in [0.25, 0.3) is 6.08 Å². The summed E-state index contributed by atoms with van der Waals surface area (Å²) in [4.78, 5) is 13.0. The molecule has 0 N–H and O–H groups in total. The maximum Gasteiger partial charge on any atom is 0.280 e. The lowest BCUT2D eigenvalue weighted by Crippen LogP contribution is -2.21. The van der Waals surface area contributed by atoms with Crippen molar-refractivity contribution in [3.05, 3.63) is 87.4 Å². The highest BCUT2D eigenvalue weighted by Gasteiger charge is 2.28. The fraction of sp³-hybridized carbons (Fsp3) is 0.185. The first-order valence-electron chi connectivity index (χ1n) is 10.9. The van der Waals surface area contributed by atoms with Crippen molar-refractivity contribution >= 4 is 46.6 Å². The Morgan fingerprint density at radius 1 is 0.943 bits per heavy atom. The molecular weight excluding hydrogens is 487 g/mol. The molecule has 6 nitrogen and oxygen atoms in total. The molecule has 0 saturated carbocycles. The number of benzene rings is 3. The van der Waals surface area contributed by atoms with Crippen LogP contribution in [0, 0.1) is 6.92 Å². The molecule has 35 heavy (non-hydrogen) atoms. The minimum atomic E-state index is -0.210. The normalized spacial score (nSPS) is 14.3. The Bertz CT molecular complexity index is 1310. The highest BCUT2D eigenvalue weighted by atomic mass is 35.5. The lowest BCUT2D eigenvalue weighted by atomic mass is 10.1. The molecule has 4 rings (SSSR count). The van der Waals surface area contributed by atoms with E-state index in [1.165, 1.54) is 12.1 Å². The third-order valence-corrected chi connectivity index (χ3v) is 6.06. The number of para-hydroxylation sites is 1. The number of aryl methyl sites for hydroxylation is 1. The number of amides is 1. The second-order valence-corrected chi connectivity index (χ2v) is 8.65. The van der Waals surface area contributed by atoms with E-state index in [2.05, 4.69) is 5.10 Å². The molecule has 1 aliphatic rings. The van der Waals surface area contributed by atoms with E-state index in [0.29, 0.717) is 56.4 Å². The lowest BCUT2D eigenvalue weighted by Gasteiger charge is -2.14. The molecule has 1 heterocycles. The molecule has 0 aliphatic carbocycles. The zero-order valence-electron chi connectivity index (χ0n) is 19.5. The van der Waals surface area contributed by atoms with E-state index in [-0.39, 0.29) is 12.5 Å². The summed E-state index contributed by atoms with van der Waals surface area (Å²) in [5.41, 5.74) is 3.43. The number of anilines is 1. The van der Waals surface area contributed by atoms with Crippen LogP contribution in [0.1, 0.15) is 18.1 Å². The van der Waals surface area contributed by atoms with E-state index in [1.807, 2.05) is 43.3 Å². The average molecular weight is 511 g/mol. The third kappa shape index (κ3) is 5.61. The minimum absolute atomic E-state index is 0.210. The molecule has 1 amide bonds. The van der Waals surface area contributed by atoms with Gasteiger partial charge in [0.2, 0.25) is 0 Å². The highest BCUT2D eigenvalue weighted by Crippen LogP contribution is 2.37. The summed E-state index contributed by atoms with van der Waals surface area (Å²) in [5, 5.41) is 6.84.